The van der Waals surface area contributed by atoms with E-state index in [0.717, 1.165) is 43.4 Å². The monoisotopic (exact) mass is 352 g/mol. The molecule has 0 heterocycles. The van der Waals surface area contributed by atoms with Gasteiger partial charge < -0.3 is 4.74 Å². The minimum Gasteiger partial charge on any atom is -0.484 e. The van der Waals surface area contributed by atoms with Gasteiger partial charge in [0.25, 0.3) is 5.91 Å². The largest absolute Gasteiger partial charge is 0.484 e. The summed E-state index contributed by atoms with van der Waals surface area (Å²) in [4.78, 5) is 12.1. The van der Waals surface area contributed by atoms with E-state index < -0.39 is 0 Å². The Morgan fingerprint density at radius 1 is 1.00 bits per heavy atom. The van der Waals surface area contributed by atoms with Gasteiger partial charge in [0.2, 0.25) is 0 Å². The molecule has 4 heteroatoms. The molecule has 0 saturated carbocycles. The number of carbonyl (C=O) groups excluding carboxylic acids is 1. The number of hydrogen-bond donors (Lipinski definition) is 1. The van der Waals surface area contributed by atoms with E-state index in [-0.39, 0.29) is 12.5 Å². The van der Waals surface area contributed by atoms with Crippen LogP contribution in [-0.2, 0) is 11.2 Å². The second-order valence-electron chi connectivity index (χ2n) is 6.20. The third-order valence-corrected chi connectivity index (χ3v) is 4.14. The molecule has 1 amide bonds. The Morgan fingerprint density at radius 2 is 1.73 bits per heavy atom. The van der Waals surface area contributed by atoms with Crippen molar-refractivity contribution in [1.82, 2.24) is 5.43 Å². The van der Waals surface area contributed by atoms with Gasteiger partial charge in [-0.3, -0.25) is 4.79 Å². The first-order valence-corrected chi connectivity index (χ1v) is 9.35. The Morgan fingerprint density at radius 3 is 2.38 bits per heavy atom. The summed E-state index contributed by atoms with van der Waals surface area (Å²) in [5.74, 6) is 0.432. The standard InChI is InChI=1S/C22H28N2O2/c1-3-5-7-12-21(19-10-8-6-9-11-19)23-24-22(25)17-26-20-15-13-18(4-2)14-16-20/h6,8-11,13-16H,3-5,7,12,17H2,1-2H3,(H,24,25)/b23-21+. The number of hydrazone groups is 1. The fraction of sp³-hybridized carbons (Fsp3) is 0.364. The summed E-state index contributed by atoms with van der Waals surface area (Å²) in [6, 6.07) is 17.8. The van der Waals surface area contributed by atoms with Gasteiger partial charge in [-0.2, -0.15) is 5.10 Å². The molecule has 0 saturated heterocycles. The van der Waals surface area contributed by atoms with E-state index in [4.69, 9.17) is 4.74 Å². The topological polar surface area (TPSA) is 50.7 Å². The minimum atomic E-state index is -0.256. The zero-order chi connectivity index (χ0) is 18.6. The first-order valence-electron chi connectivity index (χ1n) is 9.35. The number of carbonyl (C=O) groups is 1. The maximum absolute atomic E-state index is 12.1. The van der Waals surface area contributed by atoms with Crippen LogP contribution in [0.3, 0.4) is 0 Å². The van der Waals surface area contributed by atoms with Crippen molar-refractivity contribution in [2.24, 2.45) is 5.10 Å². The van der Waals surface area contributed by atoms with Crippen molar-refractivity contribution in [1.29, 1.82) is 0 Å². The van der Waals surface area contributed by atoms with Crippen LogP contribution < -0.4 is 10.2 Å². The molecule has 0 aliphatic rings. The first kappa shape index (κ1) is 19.7. The SMILES string of the molecule is CCCCC/C(=N\NC(=O)COc1ccc(CC)cc1)c1ccccc1. The van der Waals surface area contributed by atoms with Crippen LogP contribution in [0.5, 0.6) is 5.75 Å². The molecule has 0 aliphatic heterocycles. The van der Waals surface area contributed by atoms with E-state index >= 15 is 0 Å². The number of nitrogens with zero attached hydrogens (tertiary/aromatic N) is 1. The van der Waals surface area contributed by atoms with Crippen molar-refractivity contribution in [3.05, 3.63) is 65.7 Å². The highest BCUT2D eigenvalue weighted by molar-refractivity contribution is 6.01. The van der Waals surface area contributed by atoms with Gasteiger partial charge in [0, 0.05) is 0 Å². The molecule has 0 spiro atoms. The molecule has 26 heavy (non-hydrogen) atoms. The molecule has 0 fully saturated rings. The molecule has 0 radical (unpaired) electrons. The fourth-order valence-corrected chi connectivity index (χ4v) is 2.57. The van der Waals surface area contributed by atoms with Gasteiger partial charge in [0.05, 0.1) is 5.71 Å². The Hall–Kier alpha value is -2.62. The third-order valence-electron chi connectivity index (χ3n) is 4.14. The number of rotatable bonds is 10. The molecule has 0 bridgehead atoms. The molecular weight excluding hydrogens is 324 g/mol. The Balaban J connectivity index is 1.90. The molecular formula is C22H28N2O2. The number of aryl methyl sites for hydroxylation is 1. The van der Waals surface area contributed by atoms with E-state index in [9.17, 15) is 4.79 Å². The number of hydrogen-bond acceptors (Lipinski definition) is 3. The lowest BCUT2D eigenvalue weighted by molar-refractivity contribution is -0.123. The summed E-state index contributed by atoms with van der Waals surface area (Å²) in [6.07, 6.45) is 5.18. The maximum Gasteiger partial charge on any atom is 0.277 e. The lowest BCUT2D eigenvalue weighted by Crippen LogP contribution is -2.26. The second kappa shape index (κ2) is 11.1. The van der Waals surface area contributed by atoms with Crippen molar-refractivity contribution < 1.29 is 9.53 Å². The average molecular weight is 352 g/mol. The van der Waals surface area contributed by atoms with Crippen molar-refractivity contribution in [3.63, 3.8) is 0 Å². The predicted octanol–water partition coefficient (Wildman–Crippen LogP) is 4.73. The van der Waals surface area contributed by atoms with Gasteiger partial charge in [0.1, 0.15) is 5.75 Å². The van der Waals surface area contributed by atoms with Crippen molar-refractivity contribution in [2.45, 2.75) is 46.0 Å². The van der Waals surface area contributed by atoms with E-state index in [0.29, 0.717) is 5.75 Å². The van der Waals surface area contributed by atoms with Crippen LogP contribution in [0.2, 0.25) is 0 Å². The molecule has 2 aromatic carbocycles. The zero-order valence-electron chi connectivity index (χ0n) is 15.7. The van der Waals surface area contributed by atoms with Gasteiger partial charge in [-0.25, -0.2) is 5.43 Å². The highest BCUT2D eigenvalue weighted by Crippen LogP contribution is 2.12. The molecule has 0 aromatic heterocycles. The zero-order valence-corrected chi connectivity index (χ0v) is 15.7. The highest BCUT2D eigenvalue weighted by atomic mass is 16.5. The quantitative estimate of drug-likeness (QED) is 0.382. The van der Waals surface area contributed by atoms with Crippen molar-refractivity contribution in [2.75, 3.05) is 6.61 Å². The van der Waals surface area contributed by atoms with Crippen LogP contribution in [0.1, 0.15) is 50.7 Å². The molecule has 0 aliphatic carbocycles. The summed E-state index contributed by atoms with van der Waals surface area (Å²) in [6.45, 7) is 4.23. The summed E-state index contributed by atoms with van der Waals surface area (Å²) in [5.41, 5.74) is 5.81. The number of ether oxygens (including phenoxy) is 1. The molecule has 138 valence electrons. The number of benzene rings is 2. The summed E-state index contributed by atoms with van der Waals surface area (Å²) in [7, 11) is 0. The average Bonchev–Trinajstić information content (AvgIpc) is 2.70. The van der Waals surface area contributed by atoms with Gasteiger partial charge in [-0.15, -0.1) is 0 Å². The second-order valence-corrected chi connectivity index (χ2v) is 6.20. The fourth-order valence-electron chi connectivity index (χ4n) is 2.57. The van der Waals surface area contributed by atoms with Crippen LogP contribution in [-0.4, -0.2) is 18.2 Å². The lowest BCUT2D eigenvalue weighted by atomic mass is 10.0. The van der Waals surface area contributed by atoms with Gasteiger partial charge >= 0.3 is 0 Å². The number of nitrogens with one attached hydrogen (secondary N) is 1. The van der Waals surface area contributed by atoms with Crippen molar-refractivity contribution >= 4 is 11.6 Å². The van der Waals surface area contributed by atoms with Crippen LogP contribution >= 0.6 is 0 Å². The van der Waals surface area contributed by atoms with E-state index in [1.54, 1.807) is 0 Å². The van der Waals surface area contributed by atoms with Gasteiger partial charge in [-0.05, 0) is 42.5 Å². The summed E-state index contributed by atoms with van der Waals surface area (Å²) < 4.78 is 5.52. The maximum atomic E-state index is 12.1. The molecule has 2 aromatic rings. The van der Waals surface area contributed by atoms with Gasteiger partial charge in [0.15, 0.2) is 6.61 Å². The highest BCUT2D eigenvalue weighted by Gasteiger charge is 2.06. The van der Waals surface area contributed by atoms with E-state index in [1.807, 2.05) is 54.6 Å². The summed E-state index contributed by atoms with van der Waals surface area (Å²) in [5, 5.41) is 4.34. The Bertz CT molecular complexity index is 694. The normalized spacial score (nSPS) is 11.2. The van der Waals surface area contributed by atoms with Crippen LogP contribution in [0.15, 0.2) is 59.7 Å². The molecule has 0 unspecified atom stereocenters. The molecule has 4 nitrogen and oxygen atoms in total. The van der Waals surface area contributed by atoms with Crippen LogP contribution in [0.25, 0.3) is 0 Å². The smallest absolute Gasteiger partial charge is 0.277 e. The Kier molecular flexibility index (Phi) is 8.40. The number of unbranched alkanes of at least 4 members (excludes halogenated alkanes) is 2. The number of amides is 1. The third kappa shape index (κ3) is 6.71. The van der Waals surface area contributed by atoms with Crippen LogP contribution in [0, 0.1) is 0 Å². The molecule has 0 atom stereocenters. The van der Waals surface area contributed by atoms with E-state index in [2.05, 4.69) is 24.4 Å². The Labute approximate surface area is 156 Å². The lowest BCUT2D eigenvalue weighted by Gasteiger charge is -2.09. The van der Waals surface area contributed by atoms with Crippen LogP contribution in [0.4, 0.5) is 0 Å². The van der Waals surface area contributed by atoms with E-state index in [1.165, 1.54) is 5.56 Å². The molecule has 1 N–H and O–H groups in total. The summed E-state index contributed by atoms with van der Waals surface area (Å²) >= 11 is 0. The minimum absolute atomic E-state index is 0.0496. The van der Waals surface area contributed by atoms with Gasteiger partial charge in [-0.1, -0.05) is 69.2 Å². The predicted molar refractivity (Wildman–Crippen MR) is 107 cm³/mol. The van der Waals surface area contributed by atoms with Crippen molar-refractivity contribution in [3.8, 4) is 5.75 Å². The first-order chi connectivity index (χ1) is 12.7. The molecule has 2 rings (SSSR count).